The van der Waals surface area contributed by atoms with Crippen molar-refractivity contribution >= 4 is 17.6 Å². The Hall–Kier alpha value is -2.04. The highest BCUT2D eigenvalue weighted by atomic mass is 16.4. The average molecular weight is 276 g/mol. The highest BCUT2D eigenvalue weighted by molar-refractivity contribution is 5.96. The number of hydrogen-bond donors (Lipinski definition) is 2. The summed E-state index contributed by atoms with van der Waals surface area (Å²) in [5, 5.41) is 11.9. The van der Waals surface area contributed by atoms with Gasteiger partial charge in [-0.25, -0.2) is 0 Å². The zero-order chi connectivity index (χ0) is 14.8. The zero-order valence-electron chi connectivity index (χ0n) is 11.8. The highest BCUT2D eigenvalue weighted by Crippen LogP contribution is 2.35. The van der Waals surface area contributed by atoms with Crippen LogP contribution in [0.15, 0.2) is 24.3 Å². The topological polar surface area (TPSA) is 69.6 Å². The molecule has 1 fully saturated rings. The molecule has 108 valence electrons. The van der Waals surface area contributed by atoms with Crippen LogP contribution in [0.5, 0.6) is 0 Å². The number of carboxylic acids is 1. The quantitative estimate of drug-likeness (QED) is 0.861. The molecule has 20 heavy (non-hydrogen) atoms. The van der Waals surface area contributed by atoms with Gasteiger partial charge in [0, 0.05) is 25.3 Å². The highest BCUT2D eigenvalue weighted by Gasteiger charge is 2.40. The molecule has 0 bridgehead atoms. The molecular formula is C15H20N2O3. The third-order valence-electron chi connectivity index (χ3n) is 3.80. The van der Waals surface area contributed by atoms with Crippen LogP contribution < -0.4 is 10.2 Å². The Balaban J connectivity index is 2.11. The molecule has 0 aromatic heterocycles. The van der Waals surface area contributed by atoms with Crippen LogP contribution >= 0.6 is 0 Å². The van der Waals surface area contributed by atoms with Gasteiger partial charge in [-0.05, 0) is 37.5 Å². The van der Waals surface area contributed by atoms with Gasteiger partial charge < -0.3 is 15.3 Å². The molecule has 5 heteroatoms. The van der Waals surface area contributed by atoms with E-state index in [1.165, 1.54) is 0 Å². The van der Waals surface area contributed by atoms with Gasteiger partial charge in [-0.2, -0.15) is 0 Å². The number of nitrogens with one attached hydrogen (secondary N) is 1. The lowest BCUT2D eigenvalue weighted by Crippen LogP contribution is -2.54. The van der Waals surface area contributed by atoms with Crippen LogP contribution in [0.4, 0.5) is 5.69 Å². The fourth-order valence-electron chi connectivity index (χ4n) is 2.48. The monoisotopic (exact) mass is 276 g/mol. The largest absolute Gasteiger partial charge is 0.481 e. The molecule has 0 heterocycles. The van der Waals surface area contributed by atoms with Crippen molar-refractivity contribution in [2.24, 2.45) is 0 Å². The third kappa shape index (κ3) is 3.10. The van der Waals surface area contributed by atoms with Crippen LogP contribution in [0, 0.1) is 0 Å². The Labute approximate surface area is 118 Å². The smallest absolute Gasteiger partial charge is 0.305 e. The first-order chi connectivity index (χ1) is 9.42. The molecule has 1 amide bonds. The lowest BCUT2D eigenvalue weighted by molar-refractivity contribution is -0.139. The number of aliphatic carboxylic acids is 1. The van der Waals surface area contributed by atoms with E-state index in [2.05, 4.69) is 5.32 Å². The number of carbonyl (C=O) groups excluding carboxylic acids is 1. The lowest BCUT2D eigenvalue weighted by atomic mass is 9.74. The van der Waals surface area contributed by atoms with Crippen molar-refractivity contribution in [2.75, 3.05) is 19.0 Å². The number of nitrogens with zero attached hydrogens (tertiary/aromatic N) is 1. The summed E-state index contributed by atoms with van der Waals surface area (Å²) in [6.45, 7) is 0. The predicted octanol–water partition coefficient (Wildman–Crippen LogP) is 1.88. The first-order valence-electron chi connectivity index (χ1n) is 6.74. The summed E-state index contributed by atoms with van der Waals surface area (Å²) in [6.07, 6.45) is 2.42. The molecule has 0 radical (unpaired) electrons. The van der Waals surface area contributed by atoms with Crippen molar-refractivity contribution < 1.29 is 14.7 Å². The number of amides is 1. The maximum absolute atomic E-state index is 12.3. The van der Waals surface area contributed by atoms with Gasteiger partial charge in [0.2, 0.25) is 0 Å². The molecule has 0 aliphatic heterocycles. The van der Waals surface area contributed by atoms with Gasteiger partial charge in [0.05, 0.1) is 12.0 Å². The molecule has 0 saturated heterocycles. The van der Waals surface area contributed by atoms with Crippen molar-refractivity contribution in [1.82, 2.24) is 5.32 Å². The normalized spacial score (nSPS) is 16.1. The second-order valence-corrected chi connectivity index (χ2v) is 5.60. The van der Waals surface area contributed by atoms with Gasteiger partial charge in [-0.3, -0.25) is 9.59 Å². The van der Waals surface area contributed by atoms with E-state index >= 15 is 0 Å². The van der Waals surface area contributed by atoms with Gasteiger partial charge in [-0.15, -0.1) is 0 Å². The van der Waals surface area contributed by atoms with Crippen molar-refractivity contribution in [3.05, 3.63) is 29.8 Å². The van der Waals surface area contributed by atoms with Crippen LogP contribution in [0.1, 0.15) is 36.0 Å². The predicted molar refractivity (Wildman–Crippen MR) is 77.1 cm³/mol. The first-order valence-corrected chi connectivity index (χ1v) is 6.74. The van der Waals surface area contributed by atoms with E-state index in [1.807, 2.05) is 37.2 Å². The second kappa shape index (κ2) is 5.53. The second-order valence-electron chi connectivity index (χ2n) is 5.60. The van der Waals surface area contributed by atoms with Gasteiger partial charge in [0.25, 0.3) is 5.91 Å². The summed E-state index contributed by atoms with van der Waals surface area (Å²) in [4.78, 5) is 25.1. The molecule has 0 spiro atoms. The zero-order valence-corrected chi connectivity index (χ0v) is 11.8. The van der Waals surface area contributed by atoms with E-state index in [-0.39, 0.29) is 12.3 Å². The van der Waals surface area contributed by atoms with Crippen LogP contribution in [0.25, 0.3) is 0 Å². The molecule has 1 aliphatic rings. The number of rotatable bonds is 5. The molecule has 1 saturated carbocycles. The molecule has 2 N–H and O–H groups in total. The maximum atomic E-state index is 12.3. The molecular weight excluding hydrogens is 256 g/mol. The van der Waals surface area contributed by atoms with Gasteiger partial charge in [-0.1, -0.05) is 6.07 Å². The van der Waals surface area contributed by atoms with Crippen molar-refractivity contribution in [1.29, 1.82) is 0 Å². The number of carboxylic acid groups (broad SMARTS) is 1. The first kappa shape index (κ1) is 14.4. The fourth-order valence-corrected chi connectivity index (χ4v) is 2.48. The SMILES string of the molecule is CN(C)c1cccc(C(=O)NC2(CC(=O)O)CCC2)c1. The maximum Gasteiger partial charge on any atom is 0.305 e. The number of benzene rings is 1. The fraction of sp³-hybridized carbons (Fsp3) is 0.467. The molecule has 2 rings (SSSR count). The summed E-state index contributed by atoms with van der Waals surface area (Å²) in [6, 6.07) is 7.31. The minimum atomic E-state index is -0.868. The summed E-state index contributed by atoms with van der Waals surface area (Å²) in [7, 11) is 3.82. The minimum Gasteiger partial charge on any atom is -0.481 e. The molecule has 1 aromatic carbocycles. The number of anilines is 1. The average Bonchev–Trinajstić information content (AvgIpc) is 2.35. The summed E-state index contributed by atoms with van der Waals surface area (Å²) >= 11 is 0. The van der Waals surface area contributed by atoms with E-state index in [9.17, 15) is 9.59 Å². The Morgan fingerprint density at radius 2 is 2.05 bits per heavy atom. The molecule has 1 aromatic rings. The van der Waals surface area contributed by atoms with Crippen LogP contribution in [-0.4, -0.2) is 36.6 Å². The van der Waals surface area contributed by atoms with Crippen molar-refractivity contribution in [2.45, 2.75) is 31.2 Å². The van der Waals surface area contributed by atoms with Crippen LogP contribution in [0.3, 0.4) is 0 Å². The molecule has 1 aliphatic carbocycles. The Bertz CT molecular complexity index is 522. The summed E-state index contributed by atoms with van der Waals surface area (Å²) < 4.78 is 0. The standard InChI is InChI=1S/C15H20N2O3/c1-17(2)12-6-3-5-11(9-12)14(20)16-15(7-4-8-15)10-13(18)19/h3,5-6,9H,4,7-8,10H2,1-2H3,(H,16,20)(H,18,19). The summed E-state index contributed by atoms with van der Waals surface area (Å²) in [5.41, 5.74) is 0.947. The van der Waals surface area contributed by atoms with Gasteiger partial charge in [0.1, 0.15) is 0 Å². The van der Waals surface area contributed by atoms with E-state index < -0.39 is 11.5 Å². The summed E-state index contributed by atoms with van der Waals surface area (Å²) in [5.74, 6) is -1.07. The minimum absolute atomic E-state index is 0.00783. The van der Waals surface area contributed by atoms with E-state index in [0.717, 1.165) is 24.9 Å². The van der Waals surface area contributed by atoms with E-state index in [1.54, 1.807) is 6.07 Å². The van der Waals surface area contributed by atoms with Gasteiger partial charge >= 0.3 is 5.97 Å². The van der Waals surface area contributed by atoms with E-state index in [4.69, 9.17) is 5.11 Å². The molecule has 0 unspecified atom stereocenters. The van der Waals surface area contributed by atoms with Crippen LogP contribution in [0.2, 0.25) is 0 Å². The molecule has 0 atom stereocenters. The van der Waals surface area contributed by atoms with Crippen LogP contribution in [-0.2, 0) is 4.79 Å². The lowest BCUT2D eigenvalue weighted by Gasteiger charge is -2.41. The number of hydrogen-bond acceptors (Lipinski definition) is 3. The molecule has 5 nitrogen and oxygen atoms in total. The Morgan fingerprint density at radius 3 is 2.55 bits per heavy atom. The van der Waals surface area contributed by atoms with Crippen molar-refractivity contribution in [3.63, 3.8) is 0 Å². The Morgan fingerprint density at radius 1 is 1.35 bits per heavy atom. The van der Waals surface area contributed by atoms with Crippen molar-refractivity contribution in [3.8, 4) is 0 Å². The van der Waals surface area contributed by atoms with E-state index in [0.29, 0.717) is 5.56 Å². The number of carbonyl (C=O) groups is 2. The Kier molecular flexibility index (Phi) is 3.97. The third-order valence-corrected chi connectivity index (χ3v) is 3.80. The van der Waals surface area contributed by atoms with Gasteiger partial charge in [0.15, 0.2) is 0 Å².